The van der Waals surface area contributed by atoms with Gasteiger partial charge in [-0.2, -0.15) is 0 Å². The second kappa shape index (κ2) is 81.1. The molecule has 11 N–H and O–H groups in total. The number of hydrogen-bond donors (Lipinski definition) is 11. The van der Waals surface area contributed by atoms with Crippen LogP contribution in [-0.2, 0) is 43.2 Å². The highest BCUT2D eigenvalue weighted by Gasteiger charge is 1.77. The van der Waals surface area contributed by atoms with Gasteiger partial charge in [0, 0.05) is 67.9 Å². The third-order valence-corrected chi connectivity index (χ3v) is 2.59. The van der Waals surface area contributed by atoms with Crippen LogP contribution in [0.1, 0.15) is 39.5 Å². The highest BCUT2D eigenvalue weighted by molar-refractivity contribution is 5.81. The summed E-state index contributed by atoms with van der Waals surface area (Å²) in [7, 11) is 0. The summed E-state index contributed by atoms with van der Waals surface area (Å²) in [6.07, 6.45) is 11.6. The lowest BCUT2D eigenvalue weighted by atomic mass is 10.4. The molecule has 20 heteroatoms. The van der Waals surface area contributed by atoms with Crippen molar-refractivity contribution in [1.29, 1.82) is 0 Å². The topological polar surface area (TPSA) is 376 Å². The molecule has 0 amide bonds. The zero-order valence-corrected chi connectivity index (χ0v) is 30.9. The third-order valence-electron chi connectivity index (χ3n) is 2.59. The Bertz CT molecular complexity index is 852. The molecule has 0 aliphatic heterocycles. The Morgan fingerprint density at radius 3 is 0.382 bits per heavy atom. The van der Waals surface area contributed by atoms with Crippen LogP contribution in [0.3, 0.4) is 0 Å². The Morgan fingerprint density at radius 2 is 0.382 bits per heavy atom. The van der Waals surface area contributed by atoms with Gasteiger partial charge in [0.05, 0.1) is 0 Å². The van der Waals surface area contributed by atoms with Crippen molar-refractivity contribution < 1.29 is 99.3 Å². The molecule has 0 aliphatic carbocycles. The third kappa shape index (κ3) is 429. The lowest BCUT2D eigenvalue weighted by molar-refractivity contribution is -0.132. The Hall–Kier alpha value is -7.19. The number of carboxylic acids is 9. The summed E-state index contributed by atoms with van der Waals surface area (Å²) in [5.74, 6) is -8.83. The monoisotopic (exact) mass is 796 g/mol. The van der Waals surface area contributed by atoms with Crippen LogP contribution in [0.2, 0.25) is 0 Å². The SMILES string of the molecule is C=CC(=O)O.C=CC(=O)O.C=CC(=O)O.C=CC(=O)O.C=CC(=O)O.C=CC(=O)O.C=CC(=O)O.C=CC(=O)O.C=CC(=O)O.CCCCO.CCCCO. The Balaban J connectivity index is -0.0000000430. The van der Waals surface area contributed by atoms with E-state index in [-0.39, 0.29) is 0 Å². The van der Waals surface area contributed by atoms with Gasteiger partial charge in [0.2, 0.25) is 0 Å². The van der Waals surface area contributed by atoms with Crippen molar-refractivity contribution in [3.63, 3.8) is 0 Å². The average molecular weight is 797 g/mol. The maximum atomic E-state index is 9.25. The smallest absolute Gasteiger partial charge is 0.327 e. The highest BCUT2D eigenvalue weighted by Crippen LogP contribution is 1.79. The first kappa shape index (κ1) is 77.3. The van der Waals surface area contributed by atoms with Gasteiger partial charge in [-0.05, 0) is 12.8 Å². The van der Waals surface area contributed by atoms with Crippen molar-refractivity contribution in [3.05, 3.63) is 114 Å². The minimum atomic E-state index is -0.981. The number of aliphatic carboxylic acids is 9. The van der Waals surface area contributed by atoms with E-state index in [1.54, 1.807) is 0 Å². The summed E-state index contributed by atoms with van der Waals surface area (Å²) in [5, 5.41) is 84.6. The van der Waals surface area contributed by atoms with Crippen molar-refractivity contribution in [2.45, 2.75) is 39.5 Å². The van der Waals surface area contributed by atoms with Gasteiger partial charge in [-0.25, -0.2) is 43.2 Å². The summed E-state index contributed by atoms with van der Waals surface area (Å²) in [6, 6.07) is 0. The zero-order chi connectivity index (χ0) is 46.8. The fourth-order valence-electron chi connectivity index (χ4n) is 0.316. The molecule has 0 heterocycles. The van der Waals surface area contributed by atoms with Gasteiger partial charge in [-0.15, -0.1) is 0 Å². The molecule has 0 rings (SSSR count). The fourth-order valence-corrected chi connectivity index (χ4v) is 0.316. The summed E-state index contributed by atoms with van der Waals surface area (Å²) in [4.78, 5) is 83.2. The van der Waals surface area contributed by atoms with Crippen molar-refractivity contribution in [3.8, 4) is 0 Å². The van der Waals surface area contributed by atoms with E-state index in [1.165, 1.54) is 0 Å². The van der Waals surface area contributed by atoms with Crippen molar-refractivity contribution in [2.24, 2.45) is 0 Å². The Kier molecular flexibility index (Phi) is 114. The lowest BCUT2D eigenvalue weighted by Gasteiger charge is -1.79. The molecule has 0 aromatic heterocycles. The van der Waals surface area contributed by atoms with Crippen LogP contribution < -0.4 is 0 Å². The molecule has 0 aliphatic rings. The second-order valence-corrected chi connectivity index (χ2v) is 7.04. The van der Waals surface area contributed by atoms with Crippen LogP contribution in [0.25, 0.3) is 0 Å². The molecule has 0 saturated carbocycles. The molecule has 316 valence electrons. The van der Waals surface area contributed by atoms with Gasteiger partial charge in [0.15, 0.2) is 0 Å². The molecule has 0 radical (unpaired) electrons. The number of hydrogen-bond acceptors (Lipinski definition) is 11. The van der Waals surface area contributed by atoms with Crippen molar-refractivity contribution in [2.75, 3.05) is 13.2 Å². The van der Waals surface area contributed by atoms with E-state index in [0.717, 1.165) is 80.4 Å². The summed E-state index contributed by atoms with van der Waals surface area (Å²) in [5.41, 5.74) is 0. The Labute approximate surface area is 319 Å². The number of carbonyl (C=O) groups is 9. The zero-order valence-electron chi connectivity index (χ0n) is 30.9. The molecule has 0 saturated heterocycles. The molecule has 0 unspecified atom stereocenters. The van der Waals surface area contributed by atoms with E-state index in [4.69, 9.17) is 56.2 Å². The number of aliphatic hydroxyl groups is 2. The number of aliphatic hydroxyl groups excluding tert-OH is 2. The minimum absolute atomic E-state index is 0.344. The van der Waals surface area contributed by atoms with E-state index >= 15 is 0 Å². The first-order chi connectivity index (χ1) is 25.3. The van der Waals surface area contributed by atoms with Crippen LogP contribution in [-0.4, -0.2) is 123 Å². The van der Waals surface area contributed by atoms with Gasteiger partial charge in [-0.1, -0.05) is 85.9 Å². The van der Waals surface area contributed by atoms with Gasteiger partial charge in [-0.3, -0.25) is 0 Å². The number of unbranched alkanes of at least 4 members (excludes halogenated alkanes) is 2. The normalized spacial score (nSPS) is 6.76. The van der Waals surface area contributed by atoms with Crippen molar-refractivity contribution >= 4 is 53.7 Å². The molecule has 0 aromatic rings. The maximum Gasteiger partial charge on any atom is 0.327 e. The standard InChI is InChI=1S/2C4H10O.9C3H4O2/c2*1-2-3-4-5;9*1-2-3(4)5/h2*5H,2-4H2,1H3;9*2H,1H2,(H,4,5). The lowest BCUT2D eigenvalue weighted by Crippen LogP contribution is -1.82. The molecule has 0 bridgehead atoms. The highest BCUT2D eigenvalue weighted by atomic mass is 16.4. The second-order valence-electron chi connectivity index (χ2n) is 7.04. The molecule has 0 aromatic carbocycles. The summed E-state index contributed by atoms with van der Waals surface area (Å²) < 4.78 is 0. The first-order valence-corrected chi connectivity index (χ1v) is 14.2. The van der Waals surface area contributed by atoms with Crippen LogP contribution in [0.5, 0.6) is 0 Å². The molecule has 0 atom stereocenters. The van der Waals surface area contributed by atoms with E-state index < -0.39 is 53.7 Å². The molecule has 0 fully saturated rings. The maximum absolute atomic E-state index is 9.25. The van der Waals surface area contributed by atoms with Gasteiger partial charge >= 0.3 is 53.7 Å². The predicted octanol–water partition coefficient (Wildman–Crippen LogP) is 3.87. The van der Waals surface area contributed by atoms with Crippen LogP contribution >= 0.6 is 0 Å². The van der Waals surface area contributed by atoms with E-state index in [0.29, 0.717) is 13.2 Å². The van der Waals surface area contributed by atoms with Gasteiger partial charge in [0.1, 0.15) is 0 Å². The minimum Gasteiger partial charge on any atom is -0.478 e. The van der Waals surface area contributed by atoms with E-state index in [2.05, 4.69) is 73.1 Å². The summed E-state index contributed by atoms with van der Waals surface area (Å²) in [6.45, 7) is 31.4. The fraction of sp³-hybridized carbons (Fsp3) is 0.229. The number of carboxylic acid groups (broad SMARTS) is 9. The molecule has 0 spiro atoms. The van der Waals surface area contributed by atoms with Crippen LogP contribution in [0.4, 0.5) is 0 Å². The average Bonchev–Trinajstić information content (AvgIpc) is 3.14. The quantitative estimate of drug-likeness (QED) is 0.118. The van der Waals surface area contributed by atoms with Gasteiger partial charge < -0.3 is 56.2 Å². The van der Waals surface area contributed by atoms with E-state index in [1.807, 2.05) is 0 Å². The summed E-state index contributed by atoms with van der Waals surface area (Å²) >= 11 is 0. The van der Waals surface area contributed by atoms with Crippen molar-refractivity contribution in [1.82, 2.24) is 0 Å². The molecular formula is C35H56O20. The largest absolute Gasteiger partial charge is 0.478 e. The predicted molar refractivity (Wildman–Crippen MR) is 204 cm³/mol. The van der Waals surface area contributed by atoms with E-state index in [9.17, 15) is 43.2 Å². The number of rotatable bonds is 13. The molecular weight excluding hydrogens is 740 g/mol. The Morgan fingerprint density at radius 1 is 0.309 bits per heavy atom. The van der Waals surface area contributed by atoms with Crippen LogP contribution in [0.15, 0.2) is 114 Å². The molecule has 55 heavy (non-hydrogen) atoms. The van der Waals surface area contributed by atoms with Crippen LogP contribution in [0, 0.1) is 0 Å². The van der Waals surface area contributed by atoms with Gasteiger partial charge in [0.25, 0.3) is 0 Å². The first-order valence-electron chi connectivity index (χ1n) is 14.2. The molecule has 20 nitrogen and oxygen atoms in total.